The van der Waals surface area contributed by atoms with Crippen LogP contribution >= 0.6 is 11.6 Å². The molecular weight excluding hydrogens is 470 g/mol. The number of diazo groups is 1. The van der Waals surface area contributed by atoms with E-state index >= 15 is 0 Å². The van der Waals surface area contributed by atoms with Crippen molar-refractivity contribution in [3.05, 3.63) is 93.9 Å². The number of primary amides is 1. The maximum absolute atomic E-state index is 10.9. The summed E-state index contributed by atoms with van der Waals surface area (Å²) in [6, 6.07) is 22.4. The number of rotatable bonds is 2. The van der Waals surface area contributed by atoms with Crippen LogP contribution in [0.5, 0.6) is 0 Å². The zero-order valence-electron chi connectivity index (χ0n) is 15.1. The molecule has 0 heterocycles. The van der Waals surface area contributed by atoms with E-state index in [0.29, 0.717) is 16.3 Å². The molecule has 3 rings (SSSR count). The van der Waals surface area contributed by atoms with Crippen molar-refractivity contribution in [1.29, 1.82) is 5.39 Å². The Balaban J connectivity index is 0. The quantitative estimate of drug-likeness (QED) is 0.395. The summed E-state index contributed by atoms with van der Waals surface area (Å²) in [6.07, 6.45) is 0. The zero-order chi connectivity index (χ0) is 18.2. The molecule has 28 heavy (non-hydrogen) atoms. The Kier molecular flexibility index (Phi) is 14.2. The van der Waals surface area contributed by atoms with Crippen molar-refractivity contribution < 1.29 is 49.1 Å². The smallest absolute Gasteiger partial charge is 1.00 e. The third-order valence-corrected chi connectivity index (χ3v) is 3.79. The van der Waals surface area contributed by atoms with E-state index < -0.39 is 5.91 Å². The Hall–Kier alpha value is -1.96. The van der Waals surface area contributed by atoms with Crippen molar-refractivity contribution in [3.63, 3.8) is 0 Å². The van der Waals surface area contributed by atoms with Gasteiger partial charge in [0.1, 0.15) is 0 Å². The maximum atomic E-state index is 10.9. The molecule has 8 heteroatoms. The molecule has 3 aromatic carbocycles. The molecule has 0 spiro atoms. The van der Waals surface area contributed by atoms with E-state index in [9.17, 15) is 4.79 Å². The first-order valence-electron chi connectivity index (χ1n) is 7.58. The van der Waals surface area contributed by atoms with Crippen LogP contribution in [0, 0.1) is 12.3 Å². The molecule has 0 aliphatic carbocycles. The summed E-state index contributed by atoms with van der Waals surface area (Å²) in [6.45, 7) is 1.85. The summed E-state index contributed by atoms with van der Waals surface area (Å²) >= 11 is 5.62. The third kappa shape index (κ3) is 8.38. The molecule has 0 fully saturated rings. The molecule has 2 N–H and O–H groups in total. The van der Waals surface area contributed by atoms with Crippen molar-refractivity contribution in [2.75, 3.05) is 0 Å². The summed E-state index contributed by atoms with van der Waals surface area (Å²) in [4.78, 5) is 13.9. The zero-order valence-corrected chi connectivity index (χ0v) is 20.4. The van der Waals surface area contributed by atoms with Gasteiger partial charge >= 0.3 is 25.2 Å². The number of carbonyl (C=O) groups excluding carboxylic acids is 1. The summed E-state index contributed by atoms with van der Waals surface area (Å²) in [5.74, 6) is -0.394. The van der Waals surface area contributed by atoms with Crippen molar-refractivity contribution in [3.8, 4) is 11.1 Å². The van der Waals surface area contributed by atoms with E-state index in [0.717, 1.165) is 16.7 Å². The van der Waals surface area contributed by atoms with Crippen LogP contribution in [0.15, 0.2) is 72.8 Å². The number of nitrogens with zero attached hydrogens (tertiary/aromatic N) is 2. The molecule has 3 aromatic rings. The SMILES string of the molecule is Cc1ccc(Cl)cc1[N+]#N.NC(=O)c1ccc(-c2ccccc2)cc1.[Cl-].[Cl-].[Zn+]. The number of hydrogen-bond acceptors (Lipinski definition) is 2. The number of halogens is 3. The van der Waals surface area contributed by atoms with Crippen LogP contribution < -0.4 is 30.5 Å². The monoisotopic (exact) mass is 484 g/mol. The molecule has 0 unspecified atom stereocenters. The fourth-order valence-corrected chi connectivity index (χ4v) is 2.31. The van der Waals surface area contributed by atoms with Gasteiger partial charge in [0.05, 0.1) is 6.07 Å². The molecular formula is C20H17Cl3N3OZn. The molecule has 0 aromatic heterocycles. The van der Waals surface area contributed by atoms with Crippen LogP contribution in [0.1, 0.15) is 15.9 Å². The van der Waals surface area contributed by atoms with Gasteiger partial charge < -0.3 is 30.5 Å². The topological polar surface area (TPSA) is 71.2 Å². The van der Waals surface area contributed by atoms with E-state index in [1.807, 2.05) is 49.4 Å². The van der Waals surface area contributed by atoms with Gasteiger partial charge in [-0.1, -0.05) is 54.1 Å². The molecule has 141 valence electrons. The van der Waals surface area contributed by atoms with Crippen LogP contribution in [-0.4, -0.2) is 5.91 Å². The Morgan fingerprint density at radius 1 is 0.929 bits per heavy atom. The fourth-order valence-electron chi connectivity index (χ4n) is 2.15. The van der Waals surface area contributed by atoms with Gasteiger partial charge in [-0.3, -0.25) is 4.79 Å². The van der Waals surface area contributed by atoms with Crippen molar-refractivity contribution in [2.45, 2.75) is 6.92 Å². The summed E-state index contributed by atoms with van der Waals surface area (Å²) in [5.41, 5.74) is 9.35. The largest absolute Gasteiger partial charge is 1.00 e. The Morgan fingerprint density at radius 2 is 1.46 bits per heavy atom. The molecule has 1 amide bonds. The minimum absolute atomic E-state index is 0. The standard InChI is InChI=1S/C13H11NO.C7H6ClN2.2ClH.Zn/c14-13(15)12-8-6-11(7-9-12)10-4-2-1-3-5-10;1-5-2-3-6(8)4-7(5)10-9;;;/h1-9H,(H2,14,15);2-4H,1H3;2*1H;/q;+1;;;+1/p-2. The predicted octanol–water partition coefficient (Wildman–Crippen LogP) is -0.409. The Morgan fingerprint density at radius 3 is 1.93 bits per heavy atom. The van der Waals surface area contributed by atoms with Crippen LogP contribution in [0.2, 0.25) is 5.02 Å². The minimum Gasteiger partial charge on any atom is -1.00 e. The van der Waals surface area contributed by atoms with Crippen LogP contribution in [0.3, 0.4) is 0 Å². The van der Waals surface area contributed by atoms with Gasteiger partial charge in [-0.15, -0.1) is 0 Å². The first-order chi connectivity index (χ1) is 12.0. The van der Waals surface area contributed by atoms with Gasteiger partial charge in [-0.05, 0) is 42.3 Å². The van der Waals surface area contributed by atoms with E-state index in [-0.39, 0.29) is 44.3 Å². The van der Waals surface area contributed by atoms with Crippen molar-refractivity contribution in [1.82, 2.24) is 0 Å². The Bertz CT molecular complexity index is 914. The van der Waals surface area contributed by atoms with Crippen LogP contribution in [0.4, 0.5) is 5.69 Å². The minimum atomic E-state index is -0.394. The van der Waals surface area contributed by atoms with Crippen LogP contribution in [0.25, 0.3) is 16.1 Å². The van der Waals surface area contributed by atoms with Crippen molar-refractivity contribution in [2.24, 2.45) is 5.73 Å². The molecule has 0 bridgehead atoms. The summed E-state index contributed by atoms with van der Waals surface area (Å²) < 4.78 is 0. The van der Waals surface area contributed by atoms with E-state index in [1.165, 1.54) is 0 Å². The predicted molar refractivity (Wildman–Crippen MR) is 101 cm³/mol. The molecule has 0 aliphatic heterocycles. The number of amides is 1. The van der Waals surface area contributed by atoms with Gasteiger partial charge in [0.25, 0.3) is 0 Å². The van der Waals surface area contributed by atoms with Gasteiger partial charge in [-0.25, -0.2) is 0 Å². The molecule has 0 saturated heterocycles. The van der Waals surface area contributed by atoms with Gasteiger partial charge in [0.15, 0.2) is 4.98 Å². The fraction of sp³-hybridized carbons (Fsp3) is 0.0500. The number of benzene rings is 3. The number of hydrogen-bond donors (Lipinski definition) is 1. The number of carbonyl (C=O) groups is 1. The van der Waals surface area contributed by atoms with Crippen LogP contribution in [-0.2, 0) is 19.5 Å². The maximum Gasteiger partial charge on any atom is 1.00 e. The molecule has 0 atom stereocenters. The summed E-state index contributed by atoms with van der Waals surface area (Å²) in [7, 11) is 0. The van der Waals surface area contributed by atoms with E-state index in [4.69, 9.17) is 22.7 Å². The van der Waals surface area contributed by atoms with Gasteiger partial charge in [0.2, 0.25) is 11.3 Å². The molecule has 0 saturated carbocycles. The number of aryl methyl sites for hydroxylation is 1. The first kappa shape index (κ1) is 28.3. The van der Waals surface area contributed by atoms with Gasteiger partial charge in [0, 0.05) is 16.1 Å². The van der Waals surface area contributed by atoms with E-state index in [1.54, 1.807) is 30.3 Å². The second-order valence-corrected chi connectivity index (χ2v) is 5.77. The molecule has 4 nitrogen and oxygen atoms in total. The molecule has 0 aliphatic rings. The average Bonchev–Trinajstić information content (AvgIpc) is 2.65. The summed E-state index contributed by atoms with van der Waals surface area (Å²) in [5, 5.41) is 8.99. The Labute approximate surface area is 194 Å². The second kappa shape index (κ2) is 14.1. The second-order valence-electron chi connectivity index (χ2n) is 5.34. The number of nitrogens with two attached hydrogens (primary N) is 1. The normalized spacial score (nSPS) is 8.46. The first-order valence-corrected chi connectivity index (χ1v) is 7.95. The van der Waals surface area contributed by atoms with Crippen molar-refractivity contribution >= 4 is 23.2 Å². The third-order valence-electron chi connectivity index (χ3n) is 3.56. The van der Waals surface area contributed by atoms with E-state index in [2.05, 4.69) is 4.98 Å². The molecule has 1 radical (unpaired) electrons. The van der Waals surface area contributed by atoms with Gasteiger partial charge in [-0.2, -0.15) is 0 Å². The average molecular weight is 487 g/mol.